The second kappa shape index (κ2) is 59.3. The van der Waals surface area contributed by atoms with Gasteiger partial charge < -0.3 is 110 Å². The standard InChI is InChI=1S/C25H31N5O5S.C15H17NO3S.C11H16N4O6.C11H18N4O4.C6H6ClN3O4.C5H11NO2.C2H6O.ClH.Na.H2O.H2/c1-14-8-9-16(25(3,4)5)12-18(14)35-24-27-17(13-36-24)20(32)28-19-21(33-6)29-23(30-22(19)34-7)26-11-10-15(2)31;1-9-5-6-10(15(2,3)4)7-12(9)19-14-16-11(8-20-14)13(17)18;1-4-21-7(16)5-6-12-11-13-9(19-2)8(15(17)18)10(14-11)20-3;1-4-19-7(16)5-6-13-11-14-9(17-2)8(12)10(15-11)18-3;1-13-4-3(10(11)12)5(14-2)9-6(7)8-4;1-2-8-5(7)3-4-6;1-2-3;;;;/h8-9,12-13H,10-11H2,1-7H3,(H,28,32)(H,26,29,30);5-8H,1-4H3,(H,17,18);4-6H2,1-3H3,(H,12,13,14);4-6,12H2,1-3H3,(H,13,14,15);1-2H3;2-4,6H2,1H3;3H,2H2,1H3;1H;;1H2;1H/q;;;;;;;;+1;;/p-1. The fourth-order valence-corrected chi connectivity index (χ4v) is 10.2. The maximum atomic E-state index is 13.0. The Hall–Kier alpha value is -11.5. The number of aliphatic hydroxyl groups is 1. The summed E-state index contributed by atoms with van der Waals surface area (Å²) in [6, 6.07) is 12.1. The van der Waals surface area contributed by atoms with Gasteiger partial charge in [0.15, 0.2) is 17.1 Å². The number of thiazole rings is 2. The van der Waals surface area contributed by atoms with Crippen LogP contribution in [0.15, 0.2) is 47.2 Å². The zero-order chi connectivity index (χ0) is 91.3. The summed E-state index contributed by atoms with van der Waals surface area (Å²) < 4.78 is 65.6. The minimum Gasteiger partial charge on any atom is -0.870 e. The number of anilines is 5. The van der Waals surface area contributed by atoms with E-state index in [1.807, 2.05) is 38.1 Å². The third kappa shape index (κ3) is 39.8. The van der Waals surface area contributed by atoms with Gasteiger partial charge in [-0.25, -0.2) is 4.79 Å². The number of benzene rings is 2. The molecule has 0 aliphatic carbocycles. The Labute approximate surface area is 758 Å². The number of nitro groups is 2. The Balaban J connectivity index is -0.00000148. The van der Waals surface area contributed by atoms with Gasteiger partial charge in [0, 0.05) is 51.4 Å². The Morgan fingerprint density at radius 1 is 0.524 bits per heavy atom. The van der Waals surface area contributed by atoms with Gasteiger partial charge in [-0.05, 0) is 105 Å². The molecule has 6 aromatic heterocycles. The van der Waals surface area contributed by atoms with Gasteiger partial charge in [0.1, 0.15) is 23.0 Å². The summed E-state index contributed by atoms with van der Waals surface area (Å²) in [6.45, 7) is 27.8. The number of rotatable bonds is 34. The molecule has 2 aromatic carbocycles. The number of hydrogen-bond donors (Lipinski definition) is 8. The van der Waals surface area contributed by atoms with Gasteiger partial charge in [0.05, 0.1) is 106 Å². The van der Waals surface area contributed by atoms with E-state index < -0.39 is 33.1 Å². The molecule has 8 aromatic rings. The van der Waals surface area contributed by atoms with E-state index in [-0.39, 0.29) is 202 Å². The van der Waals surface area contributed by atoms with E-state index in [1.54, 1.807) is 33.1 Å². The topological polar surface area (TPSA) is 608 Å². The van der Waals surface area contributed by atoms with E-state index in [4.69, 9.17) is 80.6 Å². The molecule has 0 saturated heterocycles. The van der Waals surface area contributed by atoms with E-state index in [0.29, 0.717) is 74.2 Å². The number of carbonyl (C=O) groups is 6. The number of esters is 3. The number of carbonyl (C=O) groups excluding carboxylic acids is 5. The van der Waals surface area contributed by atoms with Crippen molar-refractivity contribution >= 4 is 123 Å². The molecule has 124 heavy (non-hydrogen) atoms. The summed E-state index contributed by atoms with van der Waals surface area (Å²) in [7, 11) is 10.7. The molecule has 0 unspecified atom stereocenters. The van der Waals surface area contributed by atoms with Gasteiger partial charge in [0.25, 0.3) is 16.3 Å². The van der Waals surface area contributed by atoms with Gasteiger partial charge in [-0.1, -0.05) is 88.5 Å². The van der Waals surface area contributed by atoms with Crippen LogP contribution < -0.4 is 110 Å². The Morgan fingerprint density at radius 2 is 0.839 bits per heavy atom. The number of ether oxygens (including phenoxy) is 13. The van der Waals surface area contributed by atoms with Crippen LogP contribution in [-0.2, 0) is 44.2 Å². The van der Waals surface area contributed by atoms with Gasteiger partial charge in [0.2, 0.25) is 46.6 Å². The van der Waals surface area contributed by atoms with Crippen molar-refractivity contribution in [3.05, 3.63) is 106 Å². The van der Waals surface area contributed by atoms with Crippen molar-refractivity contribution in [2.24, 2.45) is 5.73 Å². The Morgan fingerprint density at radius 3 is 1.15 bits per heavy atom. The molecule has 44 nitrogen and oxygen atoms in total. The summed E-state index contributed by atoms with van der Waals surface area (Å²) in [4.78, 5) is 127. The second-order valence-electron chi connectivity index (χ2n) is 25.6. The number of nitrogens with one attached hydrogen (secondary N) is 4. The number of hydrogen-bond acceptors (Lipinski definition) is 42. The van der Waals surface area contributed by atoms with Crippen molar-refractivity contribution in [3.63, 3.8) is 0 Å². The third-order valence-electron chi connectivity index (χ3n) is 14.7. The van der Waals surface area contributed by atoms with Crippen LogP contribution in [0.4, 0.5) is 40.6 Å². The van der Waals surface area contributed by atoms with Crippen molar-refractivity contribution in [1.29, 1.82) is 0 Å². The van der Waals surface area contributed by atoms with Gasteiger partial charge in [-0.15, -0.1) is 12.4 Å². The number of carboxylic acid groups (broad SMARTS) is 1. The Bertz CT molecular complexity index is 4600. The van der Waals surface area contributed by atoms with Crippen LogP contribution in [-0.4, -0.2) is 220 Å². The smallest absolute Gasteiger partial charge is 0.870 e. The number of carboxylic acids is 1. The Kier molecular flexibility index (Phi) is 54.8. The third-order valence-corrected chi connectivity index (χ3v) is 16.3. The van der Waals surface area contributed by atoms with Crippen LogP contribution in [0, 0.1) is 34.1 Å². The molecular weight excluding hydrogens is 1730 g/mol. The number of aromatic nitrogens is 10. The number of nitrogen functional groups attached to an aromatic ring is 1. The molecule has 1 amide bonds. The maximum absolute atomic E-state index is 13.0. The molecule has 0 saturated carbocycles. The molecule has 0 atom stereocenters. The van der Waals surface area contributed by atoms with E-state index in [9.17, 15) is 49.0 Å². The molecule has 11 N–H and O–H groups in total. The number of amides is 1. The van der Waals surface area contributed by atoms with Gasteiger partial charge >= 0.3 is 88.3 Å². The van der Waals surface area contributed by atoms with Gasteiger partial charge in [-0.3, -0.25) is 44.2 Å². The predicted molar refractivity (Wildman–Crippen MR) is 460 cm³/mol. The molecule has 6 heterocycles. The van der Waals surface area contributed by atoms with E-state index in [2.05, 4.69) is 139 Å². The van der Waals surface area contributed by atoms with Crippen LogP contribution in [0.5, 0.6) is 68.9 Å². The predicted octanol–water partition coefficient (Wildman–Crippen LogP) is 8.89. The number of methoxy groups -OCH3 is 8. The van der Waals surface area contributed by atoms with E-state index >= 15 is 0 Å². The normalized spacial score (nSPS) is 10.0. The molecule has 0 spiro atoms. The minimum atomic E-state index is -1.05. The molecule has 0 radical (unpaired) electrons. The van der Waals surface area contributed by atoms with Crippen LogP contribution >= 0.6 is 46.7 Å². The minimum absolute atomic E-state index is 0. The monoisotopic (exact) mass is 1830 g/mol. The molecule has 0 fully saturated rings. The zero-order valence-electron chi connectivity index (χ0n) is 73.0. The molecule has 0 bridgehead atoms. The molecular formula is C75H109Cl2N18NaO26S2. The molecule has 0 aliphatic heterocycles. The maximum Gasteiger partial charge on any atom is 1.00 e. The van der Waals surface area contributed by atoms with Crippen molar-refractivity contribution in [1.82, 2.24) is 49.8 Å². The quantitative estimate of drug-likeness (QED) is 0.00466. The summed E-state index contributed by atoms with van der Waals surface area (Å²) in [5, 5.41) is 52.8. The second-order valence-corrected chi connectivity index (χ2v) is 27.6. The number of ketones is 1. The average molecular weight is 1840 g/mol. The molecule has 682 valence electrons. The number of nitrogens with zero attached hydrogens (tertiary/aromatic N) is 12. The van der Waals surface area contributed by atoms with Gasteiger partial charge in [-0.2, -0.15) is 49.8 Å². The fourth-order valence-electron chi connectivity index (χ4n) is 8.74. The first-order valence-corrected chi connectivity index (χ1v) is 38.6. The van der Waals surface area contributed by atoms with Crippen molar-refractivity contribution < 1.29 is 147 Å². The first-order valence-electron chi connectivity index (χ1n) is 36.5. The van der Waals surface area contributed by atoms with Crippen molar-refractivity contribution in [2.75, 3.05) is 136 Å². The van der Waals surface area contributed by atoms with Crippen molar-refractivity contribution in [2.45, 2.75) is 127 Å². The summed E-state index contributed by atoms with van der Waals surface area (Å²) in [5.41, 5.74) is 14.7. The molecule has 8 rings (SSSR count). The molecule has 0 aliphatic rings. The average Bonchev–Trinajstić information content (AvgIpc) is 1.79. The van der Waals surface area contributed by atoms with Crippen LogP contribution in [0.2, 0.25) is 5.28 Å². The number of halogens is 2. The largest absolute Gasteiger partial charge is 1.00 e. The van der Waals surface area contributed by atoms with Crippen molar-refractivity contribution in [3.8, 4) is 68.9 Å². The number of nitrogens with two attached hydrogens (primary N) is 2. The first kappa shape index (κ1) is 115. The zero-order valence-corrected chi connectivity index (χ0v) is 78.2. The fraction of sp³-hybridized carbons (Fsp3) is 0.467. The number of aromatic carboxylic acids is 1. The van der Waals surface area contributed by atoms with Crippen LogP contribution in [0.25, 0.3) is 0 Å². The summed E-state index contributed by atoms with van der Waals surface area (Å²) in [5.74, 6) is -0.744. The van der Waals surface area contributed by atoms with Crippen LogP contribution in [0.1, 0.15) is 147 Å². The first-order chi connectivity index (χ1) is 57.2. The number of aryl methyl sites for hydroxylation is 2. The molecule has 49 heteroatoms. The summed E-state index contributed by atoms with van der Waals surface area (Å²) >= 11 is 7.87. The SMILES string of the molecule is CCO.CCOC(=O)CCN.CCOC(=O)CCNc1nc(OC)c(N)c(OC)n1.CCOC(=O)CCNc1nc(OC)c([N+](=O)[O-])c(OC)n1.COc1nc(Cl)nc(OC)c1[N+](=O)[O-].COc1nc(NCCC(C)=O)nc(OC)c1NC(=O)c1csc(Oc2cc(C(C)(C)C)ccc2C)n1.Cc1ccc(C(C)(C)C)cc1Oc1nc(C(=O)O)cs1.Cl.[HH].[Na+].[OH-]. The number of aliphatic hydroxyl groups excluding tert-OH is 1. The number of Topliss-reactive ketones (excluding diaryl/α,β-unsaturated/α-hetero) is 1. The van der Waals surface area contributed by atoms with E-state index in [1.165, 1.54) is 91.9 Å². The van der Waals surface area contributed by atoms with Crippen LogP contribution in [0.3, 0.4) is 0 Å². The van der Waals surface area contributed by atoms with E-state index in [0.717, 1.165) is 22.3 Å². The summed E-state index contributed by atoms with van der Waals surface area (Å²) in [6.07, 6.45) is 0.972.